The largest absolute Gasteiger partial charge is 0.452 e. The Labute approximate surface area is 99.8 Å². The molecule has 84 valence electrons. The van der Waals surface area contributed by atoms with Crippen LogP contribution in [-0.2, 0) is 6.54 Å². The third-order valence-corrected chi connectivity index (χ3v) is 2.41. The smallest absolute Gasteiger partial charge is 0.291 e. The molecule has 0 unspecified atom stereocenters. The number of hydrogen-bond donors (Lipinski definition) is 1. The Hall–Kier alpha value is -1.63. The lowest BCUT2D eigenvalue weighted by molar-refractivity contribution is 0.0763. The summed E-state index contributed by atoms with van der Waals surface area (Å²) < 4.78 is 5.94. The average molecular weight is 285 g/mol. The lowest BCUT2D eigenvalue weighted by Gasteiger charge is -2.13. The first kappa shape index (κ1) is 10.9. The van der Waals surface area contributed by atoms with Crippen molar-refractivity contribution in [1.29, 1.82) is 0 Å². The Balaban J connectivity index is 2.03. The van der Waals surface area contributed by atoms with Crippen molar-refractivity contribution in [3.8, 4) is 0 Å². The fraction of sp³-hybridized carbons (Fsp3) is 0.222. The van der Waals surface area contributed by atoms with Crippen LogP contribution in [0.2, 0.25) is 0 Å². The van der Waals surface area contributed by atoms with E-state index in [2.05, 4.69) is 31.1 Å². The third kappa shape index (κ3) is 2.30. The van der Waals surface area contributed by atoms with Crippen molar-refractivity contribution >= 4 is 21.8 Å². The van der Waals surface area contributed by atoms with Crippen molar-refractivity contribution in [1.82, 2.24) is 20.1 Å². The van der Waals surface area contributed by atoms with E-state index < -0.39 is 0 Å². The summed E-state index contributed by atoms with van der Waals surface area (Å²) in [5, 5.41) is 6.14. The molecule has 0 saturated heterocycles. The third-order valence-electron chi connectivity index (χ3n) is 1.99. The van der Waals surface area contributed by atoms with Crippen LogP contribution in [-0.4, -0.2) is 33.0 Å². The van der Waals surface area contributed by atoms with Crippen molar-refractivity contribution in [2.45, 2.75) is 6.54 Å². The van der Waals surface area contributed by atoms with E-state index in [0.717, 1.165) is 0 Å². The van der Waals surface area contributed by atoms with E-state index in [1.165, 1.54) is 11.2 Å². The zero-order chi connectivity index (χ0) is 11.5. The summed E-state index contributed by atoms with van der Waals surface area (Å²) in [6, 6.07) is 3.58. The van der Waals surface area contributed by atoms with E-state index >= 15 is 0 Å². The molecular formula is C9H9BrN4O2. The quantitative estimate of drug-likeness (QED) is 0.925. The molecule has 0 bridgehead atoms. The number of hydrogen-bond acceptors (Lipinski definition) is 4. The number of nitrogens with one attached hydrogen (secondary N) is 1. The molecule has 0 fully saturated rings. The van der Waals surface area contributed by atoms with E-state index in [0.29, 0.717) is 17.0 Å². The van der Waals surface area contributed by atoms with Gasteiger partial charge in [-0.15, -0.1) is 0 Å². The highest BCUT2D eigenvalue weighted by Gasteiger charge is 2.15. The van der Waals surface area contributed by atoms with Crippen LogP contribution in [0.15, 0.2) is 27.5 Å². The van der Waals surface area contributed by atoms with Crippen LogP contribution in [0.4, 0.5) is 0 Å². The molecule has 0 saturated carbocycles. The summed E-state index contributed by atoms with van der Waals surface area (Å²) in [4.78, 5) is 17.0. The van der Waals surface area contributed by atoms with Crippen LogP contribution in [0.5, 0.6) is 0 Å². The summed E-state index contributed by atoms with van der Waals surface area (Å²) in [7, 11) is 1.67. The van der Waals surface area contributed by atoms with Gasteiger partial charge in [0.05, 0.1) is 6.54 Å². The van der Waals surface area contributed by atoms with E-state index in [-0.39, 0.29) is 11.7 Å². The molecule has 1 N–H and O–H groups in total. The van der Waals surface area contributed by atoms with Gasteiger partial charge in [0.25, 0.3) is 5.91 Å². The molecule has 2 aromatic heterocycles. The fourth-order valence-electron chi connectivity index (χ4n) is 1.23. The Kier molecular flexibility index (Phi) is 3.04. The van der Waals surface area contributed by atoms with Crippen LogP contribution < -0.4 is 0 Å². The number of aromatic amines is 1. The first-order chi connectivity index (χ1) is 7.66. The molecule has 2 heterocycles. The number of furan rings is 1. The summed E-state index contributed by atoms with van der Waals surface area (Å²) in [5.74, 6) is 0.681. The predicted octanol–water partition coefficient (Wildman–Crippen LogP) is 1.43. The van der Waals surface area contributed by atoms with Crippen molar-refractivity contribution in [3.63, 3.8) is 0 Å². The number of aromatic nitrogens is 3. The first-order valence-electron chi connectivity index (χ1n) is 4.52. The number of carbonyl (C=O) groups is 1. The molecule has 0 aromatic carbocycles. The van der Waals surface area contributed by atoms with Gasteiger partial charge in [-0.3, -0.25) is 9.89 Å². The van der Waals surface area contributed by atoms with Gasteiger partial charge in [-0.1, -0.05) is 0 Å². The molecule has 16 heavy (non-hydrogen) atoms. The lowest BCUT2D eigenvalue weighted by atomic mass is 10.4. The lowest BCUT2D eigenvalue weighted by Crippen LogP contribution is -2.27. The summed E-state index contributed by atoms with van der Waals surface area (Å²) >= 11 is 3.20. The van der Waals surface area contributed by atoms with Gasteiger partial charge in [-0.2, -0.15) is 5.10 Å². The highest BCUT2D eigenvalue weighted by atomic mass is 79.9. The minimum absolute atomic E-state index is 0.216. The number of H-pyrrole nitrogens is 1. The molecule has 7 heteroatoms. The molecule has 0 aliphatic carbocycles. The van der Waals surface area contributed by atoms with Crippen LogP contribution in [0.25, 0.3) is 0 Å². The van der Waals surface area contributed by atoms with Gasteiger partial charge in [0, 0.05) is 7.05 Å². The molecule has 6 nitrogen and oxygen atoms in total. The molecule has 0 atom stereocenters. The minimum Gasteiger partial charge on any atom is -0.452 e. The van der Waals surface area contributed by atoms with Crippen LogP contribution in [0.1, 0.15) is 16.4 Å². The normalized spacial score (nSPS) is 10.4. The van der Waals surface area contributed by atoms with E-state index in [1.807, 2.05) is 0 Å². The maximum Gasteiger partial charge on any atom is 0.291 e. The highest BCUT2D eigenvalue weighted by molar-refractivity contribution is 9.10. The molecule has 0 aliphatic heterocycles. The van der Waals surface area contributed by atoms with E-state index in [1.54, 1.807) is 19.2 Å². The van der Waals surface area contributed by atoms with Gasteiger partial charge in [-0.05, 0) is 28.1 Å². The van der Waals surface area contributed by atoms with Crippen molar-refractivity contribution < 1.29 is 9.21 Å². The molecule has 0 spiro atoms. The van der Waals surface area contributed by atoms with Crippen LogP contribution >= 0.6 is 15.9 Å². The van der Waals surface area contributed by atoms with Crippen LogP contribution in [0, 0.1) is 0 Å². The SMILES string of the molecule is CN(Cc1ccc(Br)o1)C(=O)c1ncn[nH]1. The number of rotatable bonds is 3. The first-order valence-corrected chi connectivity index (χ1v) is 5.31. The Bertz CT molecular complexity index is 479. The maximum absolute atomic E-state index is 11.8. The average Bonchev–Trinajstić information content (AvgIpc) is 2.88. The van der Waals surface area contributed by atoms with E-state index in [9.17, 15) is 4.79 Å². The number of halogens is 1. The molecule has 2 aromatic rings. The summed E-state index contributed by atoms with van der Waals surface area (Å²) in [6.45, 7) is 0.380. The molecule has 0 radical (unpaired) electrons. The predicted molar refractivity (Wildman–Crippen MR) is 58.6 cm³/mol. The van der Waals surface area contributed by atoms with Crippen molar-refractivity contribution in [2.75, 3.05) is 7.05 Å². The van der Waals surface area contributed by atoms with Gasteiger partial charge in [0.15, 0.2) is 4.67 Å². The standard InChI is InChI=1S/C9H9BrN4O2/c1-14(4-6-2-3-7(10)16-6)9(15)8-11-5-12-13-8/h2-3,5H,4H2,1H3,(H,11,12,13). The molecule has 0 aliphatic rings. The van der Waals surface area contributed by atoms with Gasteiger partial charge in [0.1, 0.15) is 12.1 Å². The zero-order valence-electron chi connectivity index (χ0n) is 8.48. The Morgan fingerprint density at radius 2 is 2.44 bits per heavy atom. The maximum atomic E-state index is 11.8. The van der Waals surface area contributed by atoms with E-state index in [4.69, 9.17) is 4.42 Å². The second-order valence-electron chi connectivity index (χ2n) is 3.20. The zero-order valence-corrected chi connectivity index (χ0v) is 10.1. The van der Waals surface area contributed by atoms with Crippen LogP contribution in [0.3, 0.4) is 0 Å². The second kappa shape index (κ2) is 4.48. The van der Waals surface area contributed by atoms with Gasteiger partial charge in [-0.25, -0.2) is 4.98 Å². The number of carbonyl (C=O) groups excluding carboxylic acids is 1. The molecule has 1 amide bonds. The number of amides is 1. The number of nitrogens with zero attached hydrogens (tertiary/aromatic N) is 3. The van der Waals surface area contributed by atoms with Gasteiger partial charge in [0.2, 0.25) is 5.82 Å². The second-order valence-corrected chi connectivity index (χ2v) is 3.98. The molecular weight excluding hydrogens is 276 g/mol. The van der Waals surface area contributed by atoms with Gasteiger partial charge >= 0.3 is 0 Å². The summed E-state index contributed by atoms with van der Waals surface area (Å²) in [5.41, 5.74) is 0. The monoisotopic (exact) mass is 284 g/mol. The summed E-state index contributed by atoms with van der Waals surface area (Å²) in [6.07, 6.45) is 1.30. The Morgan fingerprint density at radius 1 is 1.62 bits per heavy atom. The minimum atomic E-state index is -0.231. The Morgan fingerprint density at radius 3 is 3.00 bits per heavy atom. The topological polar surface area (TPSA) is 75.0 Å². The highest BCUT2D eigenvalue weighted by Crippen LogP contribution is 2.15. The fourth-order valence-corrected chi connectivity index (χ4v) is 1.57. The van der Waals surface area contributed by atoms with Crippen molar-refractivity contribution in [3.05, 3.63) is 34.7 Å². The molecule has 2 rings (SSSR count). The van der Waals surface area contributed by atoms with Crippen molar-refractivity contribution in [2.24, 2.45) is 0 Å². The van der Waals surface area contributed by atoms with Gasteiger partial charge < -0.3 is 9.32 Å².